The predicted octanol–water partition coefficient (Wildman–Crippen LogP) is 3.09. The minimum absolute atomic E-state index is 0.00487. The van der Waals surface area contributed by atoms with Crippen LogP contribution >= 0.6 is 27.3 Å². The third-order valence-electron chi connectivity index (χ3n) is 2.57. The molecule has 0 spiro atoms. The average molecular weight is 355 g/mol. The first-order valence-corrected chi connectivity index (χ1v) is 7.40. The molecule has 0 saturated carbocycles. The van der Waals surface area contributed by atoms with Crippen LogP contribution in [0.2, 0.25) is 0 Å². The number of carboxylic acids is 1. The Balaban J connectivity index is 2.06. The first kappa shape index (κ1) is 14.7. The Hall–Kier alpha value is -1.73. The summed E-state index contributed by atoms with van der Waals surface area (Å²) in [7, 11) is 0. The highest BCUT2D eigenvalue weighted by Crippen LogP contribution is 2.19. The molecule has 0 saturated heterocycles. The number of aromatic nitrogens is 1. The number of aromatic carboxylic acids is 1. The topological polar surface area (TPSA) is 79.3 Å². The molecule has 2 rings (SSSR count). The second-order valence-corrected chi connectivity index (χ2v) is 5.88. The predicted molar refractivity (Wildman–Crippen MR) is 79.1 cm³/mol. The van der Waals surface area contributed by atoms with E-state index in [0.717, 1.165) is 4.47 Å². The summed E-state index contributed by atoms with van der Waals surface area (Å²) in [6.45, 7) is 1.77. The third-order valence-corrected chi connectivity index (χ3v) is 4.12. The minimum atomic E-state index is -1.07. The number of halogens is 1. The first-order chi connectivity index (χ1) is 9.47. The van der Waals surface area contributed by atoms with Gasteiger partial charge < -0.3 is 10.4 Å². The second-order valence-electron chi connectivity index (χ2n) is 4.08. The zero-order chi connectivity index (χ0) is 14.7. The maximum absolute atomic E-state index is 12.0. The van der Waals surface area contributed by atoms with Crippen LogP contribution < -0.4 is 5.32 Å². The lowest BCUT2D eigenvalue weighted by Gasteiger charge is -2.11. The van der Waals surface area contributed by atoms with Crippen LogP contribution in [0, 0.1) is 0 Å². The number of carbonyl (C=O) groups is 2. The van der Waals surface area contributed by atoms with Crippen molar-refractivity contribution in [3.63, 3.8) is 0 Å². The summed E-state index contributed by atoms with van der Waals surface area (Å²) in [5.74, 6) is -1.30. The van der Waals surface area contributed by atoms with E-state index in [1.807, 2.05) is 0 Å². The molecule has 1 heterocycles. The summed E-state index contributed by atoms with van der Waals surface area (Å²) < 4.78 is 0.896. The lowest BCUT2D eigenvalue weighted by atomic mass is 10.2. The van der Waals surface area contributed by atoms with E-state index in [2.05, 4.69) is 26.2 Å². The van der Waals surface area contributed by atoms with Crippen molar-refractivity contribution in [2.45, 2.75) is 13.0 Å². The molecule has 0 aliphatic heterocycles. The Morgan fingerprint density at radius 1 is 1.35 bits per heavy atom. The van der Waals surface area contributed by atoms with Gasteiger partial charge in [0.05, 0.1) is 6.04 Å². The molecule has 0 aliphatic carbocycles. The fourth-order valence-corrected chi connectivity index (χ4v) is 2.59. The van der Waals surface area contributed by atoms with E-state index in [1.165, 1.54) is 16.7 Å². The van der Waals surface area contributed by atoms with Crippen molar-refractivity contribution in [1.82, 2.24) is 10.3 Å². The van der Waals surface area contributed by atoms with Crippen LogP contribution in [-0.4, -0.2) is 22.0 Å². The molecule has 1 aromatic heterocycles. The van der Waals surface area contributed by atoms with Gasteiger partial charge in [0.2, 0.25) is 0 Å². The molecule has 7 heteroatoms. The smallest absolute Gasteiger partial charge is 0.355 e. The molecule has 5 nitrogen and oxygen atoms in total. The van der Waals surface area contributed by atoms with Crippen molar-refractivity contribution in [1.29, 1.82) is 0 Å². The van der Waals surface area contributed by atoms with E-state index in [1.54, 1.807) is 31.2 Å². The summed E-state index contributed by atoms with van der Waals surface area (Å²) in [6.07, 6.45) is 0. The van der Waals surface area contributed by atoms with E-state index in [-0.39, 0.29) is 17.6 Å². The van der Waals surface area contributed by atoms with Gasteiger partial charge >= 0.3 is 5.97 Å². The number of carboxylic acid groups (broad SMARTS) is 1. The number of carbonyl (C=O) groups excluding carboxylic acids is 1. The van der Waals surface area contributed by atoms with Crippen LogP contribution in [0.4, 0.5) is 0 Å². The number of nitrogens with zero attached hydrogens (tertiary/aromatic N) is 1. The summed E-state index contributed by atoms with van der Waals surface area (Å²) in [5.41, 5.74) is 0.532. The Bertz CT molecular complexity index is 639. The largest absolute Gasteiger partial charge is 0.476 e. The molecule has 2 N–H and O–H groups in total. The van der Waals surface area contributed by atoms with E-state index in [4.69, 9.17) is 5.11 Å². The van der Waals surface area contributed by atoms with Gasteiger partial charge in [-0.25, -0.2) is 9.78 Å². The van der Waals surface area contributed by atoms with Crippen molar-refractivity contribution >= 4 is 39.1 Å². The zero-order valence-electron chi connectivity index (χ0n) is 10.5. The Kier molecular flexibility index (Phi) is 4.51. The number of thiazole rings is 1. The van der Waals surface area contributed by atoms with Crippen molar-refractivity contribution in [3.8, 4) is 0 Å². The van der Waals surface area contributed by atoms with E-state index < -0.39 is 5.97 Å². The first-order valence-electron chi connectivity index (χ1n) is 5.72. The Morgan fingerprint density at radius 3 is 2.55 bits per heavy atom. The summed E-state index contributed by atoms with van der Waals surface area (Å²) >= 11 is 4.51. The maximum Gasteiger partial charge on any atom is 0.355 e. The fraction of sp³-hybridized carbons (Fsp3) is 0.154. The molecule has 104 valence electrons. The van der Waals surface area contributed by atoms with Gasteiger partial charge in [-0.1, -0.05) is 15.9 Å². The van der Waals surface area contributed by atoms with Crippen LogP contribution in [0.5, 0.6) is 0 Å². The van der Waals surface area contributed by atoms with E-state index in [0.29, 0.717) is 10.6 Å². The number of hydrogen-bond acceptors (Lipinski definition) is 4. The van der Waals surface area contributed by atoms with Gasteiger partial charge in [0, 0.05) is 15.4 Å². The molecule has 1 unspecified atom stereocenters. The minimum Gasteiger partial charge on any atom is -0.476 e. The molecular formula is C13H11BrN2O3S. The SMILES string of the molecule is CC(NC(=O)c1ccc(Br)cc1)c1nc(C(=O)O)cs1. The lowest BCUT2D eigenvalue weighted by Crippen LogP contribution is -2.26. The number of amides is 1. The number of rotatable bonds is 4. The van der Waals surface area contributed by atoms with Gasteiger partial charge in [-0.3, -0.25) is 4.79 Å². The van der Waals surface area contributed by atoms with Gasteiger partial charge in [0.15, 0.2) is 5.69 Å². The molecule has 0 fully saturated rings. The monoisotopic (exact) mass is 354 g/mol. The zero-order valence-corrected chi connectivity index (χ0v) is 12.9. The molecule has 1 amide bonds. The van der Waals surface area contributed by atoms with E-state index >= 15 is 0 Å². The number of hydrogen-bond donors (Lipinski definition) is 2. The van der Waals surface area contributed by atoms with Crippen molar-refractivity contribution in [2.24, 2.45) is 0 Å². The van der Waals surface area contributed by atoms with Gasteiger partial charge in [-0.15, -0.1) is 11.3 Å². The summed E-state index contributed by atoms with van der Waals surface area (Å²) in [5, 5.41) is 13.6. The highest BCUT2D eigenvalue weighted by atomic mass is 79.9. The molecule has 0 aliphatic rings. The molecule has 0 radical (unpaired) electrons. The van der Waals surface area contributed by atoms with Crippen molar-refractivity contribution < 1.29 is 14.7 Å². The molecule has 20 heavy (non-hydrogen) atoms. The van der Waals surface area contributed by atoms with Crippen LogP contribution in [0.15, 0.2) is 34.1 Å². The fourth-order valence-electron chi connectivity index (χ4n) is 1.53. The van der Waals surface area contributed by atoms with Crippen molar-refractivity contribution in [2.75, 3.05) is 0 Å². The van der Waals surface area contributed by atoms with E-state index in [9.17, 15) is 9.59 Å². The summed E-state index contributed by atoms with van der Waals surface area (Å²) in [4.78, 5) is 26.7. The second kappa shape index (κ2) is 6.15. The molecular weight excluding hydrogens is 344 g/mol. The number of nitrogens with one attached hydrogen (secondary N) is 1. The molecule has 0 bridgehead atoms. The quantitative estimate of drug-likeness (QED) is 0.883. The van der Waals surface area contributed by atoms with Gasteiger partial charge in [-0.05, 0) is 31.2 Å². The molecule has 1 atom stereocenters. The van der Waals surface area contributed by atoms with Crippen molar-refractivity contribution in [3.05, 3.63) is 50.4 Å². The Labute approximate surface area is 127 Å². The highest BCUT2D eigenvalue weighted by molar-refractivity contribution is 9.10. The molecule has 2 aromatic rings. The Morgan fingerprint density at radius 2 is 2.00 bits per heavy atom. The lowest BCUT2D eigenvalue weighted by molar-refractivity contribution is 0.0691. The summed E-state index contributed by atoms with van der Waals surface area (Å²) in [6, 6.07) is 6.63. The average Bonchev–Trinajstić information content (AvgIpc) is 2.89. The third kappa shape index (κ3) is 3.43. The standard InChI is InChI=1S/C13H11BrN2O3S/c1-7(12-16-10(6-20-12)13(18)19)15-11(17)8-2-4-9(14)5-3-8/h2-7H,1H3,(H,15,17)(H,18,19). The normalized spacial score (nSPS) is 11.9. The van der Waals surface area contributed by atoms with Gasteiger partial charge in [0.1, 0.15) is 5.01 Å². The van der Waals surface area contributed by atoms with Crippen LogP contribution in [0.3, 0.4) is 0 Å². The maximum atomic E-state index is 12.0. The number of benzene rings is 1. The molecule has 1 aromatic carbocycles. The van der Waals surface area contributed by atoms with Gasteiger partial charge in [-0.2, -0.15) is 0 Å². The van der Waals surface area contributed by atoms with Crippen LogP contribution in [-0.2, 0) is 0 Å². The van der Waals surface area contributed by atoms with Crippen LogP contribution in [0.1, 0.15) is 38.8 Å². The highest BCUT2D eigenvalue weighted by Gasteiger charge is 2.16. The van der Waals surface area contributed by atoms with Gasteiger partial charge in [0.25, 0.3) is 5.91 Å². The van der Waals surface area contributed by atoms with Crippen LogP contribution in [0.25, 0.3) is 0 Å².